The Labute approximate surface area is 142 Å². The van der Waals surface area contributed by atoms with E-state index in [9.17, 15) is 4.79 Å². The Bertz CT molecular complexity index is 540. The third-order valence-electron chi connectivity index (χ3n) is 4.45. The lowest BCUT2D eigenvalue weighted by atomic mass is 9.93. The number of aryl methyl sites for hydroxylation is 1. The first-order chi connectivity index (χ1) is 10.9. The Balaban J connectivity index is 1.91. The van der Waals surface area contributed by atoms with E-state index in [2.05, 4.69) is 9.97 Å². The van der Waals surface area contributed by atoms with Crippen molar-refractivity contribution in [3.05, 3.63) is 16.5 Å². The van der Waals surface area contributed by atoms with Crippen LogP contribution < -0.4 is 11.5 Å². The molecule has 0 radical (unpaired) electrons. The van der Waals surface area contributed by atoms with Gasteiger partial charge in [0.1, 0.15) is 16.8 Å². The summed E-state index contributed by atoms with van der Waals surface area (Å²) < 4.78 is 0. The summed E-state index contributed by atoms with van der Waals surface area (Å²) in [5.41, 5.74) is 12.5. The second-order valence-corrected chi connectivity index (χ2v) is 6.73. The smallest absolute Gasteiger partial charge is 0.239 e. The first-order valence-corrected chi connectivity index (χ1v) is 8.59. The fraction of sp³-hybridized carbons (Fsp3) is 0.688. The molecule has 0 saturated carbocycles. The summed E-state index contributed by atoms with van der Waals surface area (Å²) in [6.07, 6.45) is 4.86. The number of nitrogens with two attached hydrogens (primary N) is 2. The van der Waals surface area contributed by atoms with Crippen molar-refractivity contribution >= 4 is 23.3 Å². The van der Waals surface area contributed by atoms with E-state index >= 15 is 0 Å². The molecule has 1 aromatic heterocycles. The number of hydrogen-bond acceptors (Lipinski definition) is 5. The minimum Gasteiger partial charge on any atom is -0.383 e. The van der Waals surface area contributed by atoms with E-state index < -0.39 is 6.04 Å². The average Bonchev–Trinajstić information content (AvgIpc) is 2.70. The Morgan fingerprint density at radius 2 is 2.13 bits per heavy atom. The van der Waals surface area contributed by atoms with Gasteiger partial charge in [-0.3, -0.25) is 4.79 Å². The Morgan fingerprint density at radius 1 is 1.39 bits per heavy atom. The molecule has 7 heteroatoms. The van der Waals surface area contributed by atoms with Crippen molar-refractivity contribution in [1.29, 1.82) is 0 Å². The van der Waals surface area contributed by atoms with Crippen LogP contribution in [0.2, 0.25) is 5.15 Å². The zero-order valence-corrected chi connectivity index (χ0v) is 14.6. The van der Waals surface area contributed by atoms with Crippen LogP contribution in [0.4, 0.5) is 5.82 Å². The lowest BCUT2D eigenvalue weighted by Crippen LogP contribution is -2.42. The van der Waals surface area contributed by atoms with E-state index in [0.29, 0.717) is 22.7 Å². The van der Waals surface area contributed by atoms with E-state index in [1.54, 1.807) is 13.8 Å². The highest BCUT2D eigenvalue weighted by Crippen LogP contribution is 2.26. The van der Waals surface area contributed by atoms with Gasteiger partial charge in [-0.25, -0.2) is 9.97 Å². The number of likely N-dealkylation sites (tertiary alicyclic amines) is 1. The van der Waals surface area contributed by atoms with Gasteiger partial charge in [0.2, 0.25) is 5.91 Å². The maximum Gasteiger partial charge on any atom is 0.239 e. The molecule has 1 unspecified atom stereocenters. The standard InChI is InChI=1S/C16H26ClN5O/c1-10(18)16(23)22-8-3-4-12(7-9-22)5-6-13-14(17)20-11(2)21-15(13)19/h10,12H,3-9,18H2,1-2H3,(H2,19,20,21)/t10-,12?/m0/s1. The van der Waals surface area contributed by atoms with Gasteiger partial charge in [-0.05, 0) is 51.9 Å². The molecule has 0 bridgehead atoms. The van der Waals surface area contributed by atoms with Crippen LogP contribution in [-0.2, 0) is 11.2 Å². The van der Waals surface area contributed by atoms with Crippen molar-refractivity contribution in [2.45, 2.75) is 52.0 Å². The highest BCUT2D eigenvalue weighted by Gasteiger charge is 2.23. The van der Waals surface area contributed by atoms with Crippen molar-refractivity contribution in [2.24, 2.45) is 11.7 Å². The lowest BCUT2D eigenvalue weighted by Gasteiger charge is -2.22. The first-order valence-electron chi connectivity index (χ1n) is 8.21. The number of nitrogens with zero attached hydrogens (tertiary/aromatic N) is 3. The topological polar surface area (TPSA) is 98.1 Å². The highest BCUT2D eigenvalue weighted by atomic mass is 35.5. The summed E-state index contributed by atoms with van der Waals surface area (Å²) in [7, 11) is 0. The summed E-state index contributed by atoms with van der Waals surface area (Å²) in [5, 5.41) is 0.456. The van der Waals surface area contributed by atoms with E-state index in [4.69, 9.17) is 23.1 Å². The molecule has 1 aliphatic rings. The molecule has 2 rings (SSSR count). The van der Waals surface area contributed by atoms with Crippen LogP contribution in [0.15, 0.2) is 0 Å². The fourth-order valence-corrected chi connectivity index (χ4v) is 3.44. The monoisotopic (exact) mass is 339 g/mol. The molecule has 4 N–H and O–H groups in total. The molecular weight excluding hydrogens is 314 g/mol. The molecule has 2 atom stereocenters. The van der Waals surface area contributed by atoms with Crippen LogP contribution in [0.5, 0.6) is 0 Å². The second-order valence-electron chi connectivity index (χ2n) is 6.37. The molecule has 6 nitrogen and oxygen atoms in total. The van der Waals surface area contributed by atoms with Crippen LogP contribution >= 0.6 is 11.6 Å². The van der Waals surface area contributed by atoms with Gasteiger partial charge in [0.25, 0.3) is 0 Å². The zero-order valence-electron chi connectivity index (χ0n) is 13.9. The van der Waals surface area contributed by atoms with Crippen molar-refractivity contribution in [2.75, 3.05) is 18.8 Å². The summed E-state index contributed by atoms with van der Waals surface area (Å²) in [6.45, 7) is 5.10. The predicted octanol–water partition coefficient (Wildman–Crippen LogP) is 1.93. The number of nitrogen functional groups attached to an aromatic ring is 1. The Morgan fingerprint density at radius 3 is 2.78 bits per heavy atom. The van der Waals surface area contributed by atoms with E-state index in [0.717, 1.165) is 50.8 Å². The van der Waals surface area contributed by atoms with Crippen molar-refractivity contribution in [1.82, 2.24) is 14.9 Å². The number of hydrogen-bond donors (Lipinski definition) is 2. The molecule has 1 saturated heterocycles. The van der Waals surface area contributed by atoms with Gasteiger partial charge in [-0.2, -0.15) is 0 Å². The summed E-state index contributed by atoms with van der Waals surface area (Å²) in [4.78, 5) is 22.3. The van der Waals surface area contributed by atoms with Crippen molar-refractivity contribution in [3.63, 3.8) is 0 Å². The lowest BCUT2D eigenvalue weighted by molar-refractivity contribution is -0.132. The van der Waals surface area contributed by atoms with E-state index in [1.165, 1.54) is 0 Å². The minimum absolute atomic E-state index is 0.0462. The minimum atomic E-state index is -0.421. The molecule has 0 aromatic carbocycles. The van der Waals surface area contributed by atoms with Crippen molar-refractivity contribution in [3.8, 4) is 0 Å². The molecule has 1 aromatic rings. The summed E-state index contributed by atoms with van der Waals surface area (Å²) in [6, 6.07) is -0.421. The van der Waals surface area contributed by atoms with Gasteiger partial charge in [0.05, 0.1) is 6.04 Å². The number of carbonyl (C=O) groups is 1. The normalized spacial score (nSPS) is 20.2. The molecule has 2 heterocycles. The van der Waals surface area contributed by atoms with Crippen LogP contribution in [0.25, 0.3) is 0 Å². The number of carbonyl (C=O) groups excluding carboxylic acids is 1. The Kier molecular flexibility index (Phi) is 6.18. The summed E-state index contributed by atoms with van der Waals surface area (Å²) >= 11 is 6.19. The van der Waals surface area contributed by atoms with Gasteiger partial charge in [-0.15, -0.1) is 0 Å². The molecule has 0 spiro atoms. The maximum atomic E-state index is 12.0. The van der Waals surface area contributed by atoms with Crippen LogP contribution in [0.1, 0.15) is 44.0 Å². The first kappa shape index (κ1) is 17.9. The molecular formula is C16H26ClN5O. The molecule has 1 aliphatic heterocycles. The third kappa shape index (κ3) is 4.78. The highest BCUT2D eigenvalue weighted by molar-refractivity contribution is 6.30. The molecule has 0 aliphatic carbocycles. The Hall–Kier alpha value is -1.40. The average molecular weight is 340 g/mol. The summed E-state index contributed by atoms with van der Waals surface area (Å²) in [5.74, 6) is 1.67. The number of rotatable bonds is 4. The molecule has 23 heavy (non-hydrogen) atoms. The zero-order chi connectivity index (χ0) is 17.0. The SMILES string of the molecule is Cc1nc(N)c(CCC2CCCN(C(=O)[C@H](C)N)CC2)c(Cl)n1. The van der Waals surface area contributed by atoms with E-state index in [-0.39, 0.29) is 5.91 Å². The van der Waals surface area contributed by atoms with Crippen LogP contribution in [0, 0.1) is 12.8 Å². The number of halogens is 1. The quantitative estimate of drug-likeness (QED) is 0.817. The third-order valence-corrected chi connectivity index (χ3v) is 4.76. The molecule has 1 amide bonds. The number of anilines is 1. The van der Waals surface area contributed by atoms with Gasteiger partial charge in [0.15, 0.2) is 0 Å². The predicted molar refractivity (Wildman–Crippen MR) is 92.1 cm³/mol. The van der Waals surface area contributed by atoms with Gasteiger partial charge >= 0.3 is 0 Å². The van der Waals surface area contributed by atoms with Gasteiger partial charge in [0, 0.05) is 18.7 Å². The molecule has 128 valence electrons. The van der Waals surface area contributed by atoms with Crippen molar-refractivity contribution < 1.29 is 4.79 Å². The largest absolute Gasteiger partial charge is 0.383 e. The second kappa shape index (κ2) is 7.93. The maximum absolute atomic E-state index is 12.0. The van der Waals surface area contributed by atoms with Gasteiger partial charge in [-0.1, -0.05) is 11.6 Å². The van der Waals surface area contributed by atoms with E-state index in [1.807, 2.05) is 4.90 Å². The fourth-order valence-electron chi connectivity index (χ4n) is 3.12. The number of aromatic nitrogens is 2. The molecule has 1 fully saturated rings. The van der Waals surface area contributed by atoms with Crippen LogP contribution in [-0.4, -0.2) is 39.9 Å². The van der Waals surface area contributed by atoms with Gasteiger partial charge < -0.3 is 16.4 Å². The number of amides is 1. The van der Waals surface area contributed by atoms with Crippen LogP contribution in [0.3, 0.4) is 0 Å².